The smallest absolute Gasteiger partial charge is 0.290 e. The first-order valence-corrected chi connectivity index (χ1v) is 12.5. The van der Waals surface area contributed by atoms with Gasteiger partial charge >= 0.3 is 6.18 Å². The highest BCUT2D eigenvalue weighted by Gasteiger charge is 2.30. The molecule has 0 atom stereocenters. The molecule has 6 nitrogen and oxygen atoms in total. The number of rotatable bonds is 8. The Kier molecular flexibility index (Phi) is 7.55. The highest BCUT2D eigenvalue weighted by molar-refractivity contribution is 7.90. The molecule has 0 aliphatic heterocycles. The number of unbranched alkanes of at least 4 members (excludes halogenated alkanes) is 1. The molecule has 0 aliphatic carbocycles. The lowest BCUT2D eigenvalue weighted by atomic mass is 10.1. The van der Waals surface area contributed by atoms with Crippen LogP contribution in [0.5, 0.6) is 0 Å². The topological polar surface area (TPSA) is 103 Å². The van der Waals surface area contributed by atoms with Crippen LogP contribution in [0.15, 0.2) is 53.4 Å². The number of thiazole rings is 1. The molecule has 1 aromatic heterocycles. The summed E-state index contributed by atoms with van der Waals surface area (Å²) in [6.07, 6.45) is -2.19. The van der Waals surface area contributed by atoms with Crippen molar-refractivity contribution in [3.05, 3.63) is 70.2 Å². The summed E-state index contributed by atoms with van der Waals surface area (Å²) >= 11 is 1.16. The summed E-state index contributed by atoms with van der Waals surface area (Å²) in [4.78, 5) is 5.15. The molecule has 176 valence electrons. The maximum atomic E-state index is 13.0. The van der Waals surface area contributed by atoms with Gasteiger partial charge in [-0.3, -0.25) is 16.1 Å². The Morgan fingerprint density at radius 1 is 1.12 bits per heavy atom. The third-order valence-corrected chi connectivity index (χ3v) is 7.93. The van der Waals surface area contributed by atoms with Crippen molar-refractivity contribution in [1.82, 2.24) is 10.5 Å². The van der Waals surface area contributed by atoms with Gasteiger partial charge in [-0.2, -0.15) is 13.2 Å². The number of hydroxylamine groups is 1. The third-order valence-electron chi connectivity index (χ3n) is 4.94. The van der Waals surface area contributed by atoms with Crippen molar-refractivity contribution in [2.45, 2.75) is 43.0 Å². The van der Waals surface area contributed by atoms with Crippen LogP contribution in [0.1, 0.15) is 41.5 Å². The molecule has 3 N–H and O–H groups in total. The molecule has 0 spiro atoms. The van der Waals surface area contributed by atoms with Crippen molar-refractivity contribution < 1.29 is 26.8 Å². The number of benzene rings is 2. The van der Waals surface area contributed by atoms with Crippen LogP contribution >= 0.6 is 11.3 Å². The van der Waals surface area contributed by atoms with E-state index in [1.54, 1.807) is 5.48 Å². The normalized spacial score (nSPS) is 12.0. The van der Waals surface area contributed by atoms with Crippen LogP contribution in [-0.4, -0.2) is 24.4 Å². The fourth-order valence-electron chi connectivity index (χ4n) is 3.11. The minimum Gasteiger partial charge on any atom is -0.290 e. The van der Waals surface area contributed by atoms with Crippen molar-refractivity contribution in [3.8, 4) is 10.6 Å². The van der Waals surface area contributed by atoms with Crippen molar-refractivity contribution >= 4 is 27.0 Å². The molecule has 0 saturated heterocycles. The molecule has 1 heterocycles. The van der Waals surface area contributed by atoms with E-state index in [1.165, 1.54) is 36.4 Å². The molecule has 0 aliphatic rings. The quantitative estimate of drug-likeness (QED) is 0.218. The van der Waals surface area contributed by atoms with Crippen molar-refractivity contribution in [2.75, 3.05) is 0 Å². The molecule has 0 radical (unpaired) electrons. The third kappa shape index (κ3) is 5.98. The molecule has 0 bridgehead atoms. The predicted molar refractivity (Wildman–Crippen MR) is 120 cm³/mol. The van der Waals surface area contributed by atoms with E-state index in [1.807, 2.05) is 6.92 Å². The van der Waals surface area contributed by atoms with Gasteiger partial charge in [0.05, 0.1) is 21.9 Å². The summed E-state index contributed by atoms with van der Waals surface area (Å²) in [6.45, 7) is 2.00. The number of halogens is 3. The van der Waals surface area contributed by atoms with Crippen molar-refractivity contribution in [3.63, 3.8) is 0 Å². The molecule has 2 aromatic carbocycles. The first-order valence-electron chi connectivity index (χ1n) is 10.0. The summed E-state index contributed by atoms with van der Waals surface area (Å²) in [5.74, 6) is -0.552. The number of sulfone groups is 1. The van der Waals surface area contributed by atoms with E-state index in [0.717, 1.165) is 36.3 Å². The van der Waals surface area contributed by atoms with Crippen LogP contribution in [0.4, 0.5) is 13.2 Å². The molecular formula is C22H22F3N3O3S2. The van der Waals surface area contributed by atoms with Gasteiger partial charge in [-0.1, -0.05) is 25.5 Å². The van der Waals surface area contributed by atoms with Crippen LogP contribution in [0, 0.1) is 5.41 Å². The van der Waals surface area contributed by atoms with Gasteiger partial charge in [-0.25, -0.2) is 13.4 Å². The fraction of sp³-hybridized carbons (Fsp3) is 0.273. The van der Waals surface area contributed by atoms with Gasteiger partial charge < -0.3 is 0 Å². The Labute approximate surface area is 193 Å². The number of alkyl halides is 3. The van der Waals surface area contributed by atoms with E-state index >= 15 is 0 Å². The van der Waals surface area contributed by atoms with Gasteiger partial charge in [0.1, 0.15) is 10.8 Å². The lowest BCUT2D eigenvalue weighted by Crippen LogP contribution is -2.18. The van der Waals surface area contributed by atoms with Crippen LogP contribution in [-0.2, 0) is 28.2 Å². The molecule has 0 fully saturated rings. The molecule has 0 unspecified atom stereocenters. The van der Waals surface area contributed by atoms with Gasteiger partial charge in [0.15, 0.2) is 9.84 Å². The monoisotopic (exact) mass is 497 g/mol. The largest absolute Gasteiger partial charge is 0.416 e. The Morgan fingerprint density at radius 3 is 2.30 bits per heavy atom. The average Bonchev–Trinajstić information content (AvgIpc) is 3.18. The standard InChI is InChI=1S/C22H22F3N3O3S2/c1-2-3-4-18-19(13-33(30,31)17-11-7-14(8-12-17)20(26)28-29)32-21(27-18)15-5-9-16(10-6-15)22(23,24)25/h5-12,29H,2-4,13H2,1H3,(H2,26,28). The van der Waals surface area contributed by atoms with Crippen molar-refractivity contribution in [1.29, 1.82) is 5.41 Å². The minimum atomic E-state index is -4.44. The molecule has 0 amide bonds. The summed E-state index contributed by atoms with van der Waals surface area (Å²) in [5, 5.41) is 16.8. The lowest BCUT2D eigenvalue weighted by Gasteiger charge is -2.07. The van der Waals surface area contributed by atoms with E-state index in [-0.39, 0.29) is 16.5 Å². The predicted octanol–water partition coefficient (Wildman–Crippen LogP) is 5.45. The van der Waals surface area contributed by atoms with Crippen LogP contribution < -0.4 is 5.48 Å². The Balaban J connectivity index is 1.91. The summed E-state index contributed by atoms with van der Waals surface area (Å²) in [7, 11) is -3.74. The number of nitrogens with zero attached hydrogens (tertiary/aromatic N) is 1. The molecular weight excluding hydrogens is 475 g/mol. The Bertz CT molecular complexity index is 1220. The number of hydrogen-bond donors (Lipinski definition) is 3. The second kappa shape index (κ2) is 10.0. The van der Waals surface area contributed by atoms with Gasteiger partial charge in [0.2, 0.25) is 0 Å². The Morgan fingerprint density at radius 2 is 1.76 bits per heavy atom. The molecule has 33 heavy (non-hydrogen) atoms. The maximum Gasteiger partial charge on any atom is 0.416 e. The number of aromatic nitrogens is 1. The van der Waals surface area contributed by atoms with E-state index in [0.29, 0.717) is 33.1 Å². The number of amidine groups is 1. The highest BCUT2D eigenvalue weighted by Crippen LogP contribution is 2.34. The summed E-state index contributed by atoms with van der Waals surface area (Å²) < 4.78 is 64.6. The number of nitrogens with one attached hydrogen (secondary N) is 2. The van der Waals surface area contributed by atoms with Crippen molar-refractivity contribution in [2.24, 2.45) is 0 Å². The van der Waals surface area contributed by atoms with Gasteiger partial charge in [0.25, 0.3) is 0 Å². The first-order chi connectivity index (χ1) is 15.5. The van der Waals surface area contributed by atoms with Crippen LogP contribution in [0.2, 0.25) is 0 Å². The molecule has 0 saturated carbocycles. The van der Waals surface area contributed by atoms with E-state index < -0.39 is 21.6 Å². The number of aryl methyl sites for hydroxylation is 1. The van der Waals surface area contributed by atoms with Gasteiger partial charge in [-0.05, 0) is 49.2 Å². The highest BCUT2D eigenvalue weighted by atomic mass is 32.2. The zero-order chi connectivity index (χ0) is 24.2. The Hall–Kier alpha value is -2.76. The SMILES string of the molecule is CCCCc1nc(-c2ccc(C(F)(F)F)cc2)sc1CS(=O)(=O)c1ccc(C(=N)NO)cc1. The fourth-order valence-corrected chi connectivity index (χ4v) is 5.95. The first kappa shape index (κ1) is 24.9. The van der Waals surface area contributed by atoms with E-state index in [2.05, 4.69) is 4.98 Å². The average molecular weight is 498 g/mol. The minimum absolute atomic E-state index is 0.0583. The summed E-state index contributed by atoms with van der Waals surface area (Å²) in [5.41, 5.74) is 2.39. The van der Waals surface area contributed by atoms with E-state index in [9.17, 15) is 21.6 Å². The molecule has 11 heteroatoms. The number of hydrogen-bond acceptors (Lipinski definition) is 6. The van der Waals surface area contributed by atoms with Crippen LogP contribution in [0.3, 0.4) is 0 Å². The van der Waals surface area contributed by atoms with Crippen LogP contribution in [0.25, 0.3) is 10.6 Å². The van der Waals surface area contributed by atoms with Gasteiger partial charge in [-0.15, -0.1) is 11.3 Å². The second-order valence-corrected chi connectivity index (χ2v) is 10.4. The zero-order valence-corrected chi connectivity index (χ0v) is 19.2. The lowest BCUT2D eigenvalue weighted by molar-refractivity contribution is -0.137. The zero-order valence-electron chi connectivity index (χ0n) is 17.6. The van der Waals surface area contributed by atoms with Gasteiger partial charge in [0, 0.05) is 16.0 Å². The van der Waals surface area contributed by atoms with E-state index in [4.69, 9.17) is 10.6 Å². The molecule has 3 rings (SSSR count). The maximum absolute atomic E-state index is 13.0. The summed E-state index contributed by atoms with van der Waals surface area (Å²) in [6, 6.07) is 10.2. The second-order valence-electron chi connectivity index (χ2n) is 7.34. The molecule has 3 aromatic rings.